The highest BCUT2D eigenvalue weighted by molar-refractivity contribution is 5.92. The van der Waals surface area contributed by atoms with E-state index in [0.717, 1.165) is 12.8 Å². The van der Waals surface area contributed by atoms with Crippen molar-refractivity contribution in [1.82, 2.24) is 15.5 Å². The van der Waals surface area contributed by atoms with E-state index in [2.05, 4.69) is 16.6 Å². The number of unbranched alkanes of at least 4 members (excludes halogenated alkanes) is 1. The number of hydrogen-bond acceptors (Lipinski definition) is 4. The average molecular weight is 458 g/mol. The highest BCUT2D eigenvalue weighted by Crippen LogP contribution is 2.26. The standard InChI is InChI=1S/C26H39N3O4/c1-9-12-17-27-23(30)22(20-16-14-13-15-19(20)10-2)29(11-3)24(31)21(18(4)5)28-25(32)33-26(6,7)8/h2,13-16,18,21-22H,9,11-12,17H2,1,3-8H3,(H,27,30)(H,28,32). The van der Waals surface area contributed by atoms with Crippen LogP contribution < -0.4 is 10.6 Å². The van der Waals surface area contributed by atoms with Crippen LogP contribution in [0.2, 0.25) is 0 Å². The second kappa shape index (κ2) is 12.9. The van der Waals surface area contributed by atoms with Crippen LogP contribution in [0.3, 0.4) is 0 Å². The van der Waals surface area contributed by atoms with E-state index in [4.69, 9.17) is 11.2 Å². The molecular weight excluding hydrogens is 418 g/mol. The van der Waals surface area contributed by atoms with Gasteiger partial charge in [0.1, 0.15) is 17.7 Å². The molecule has 1 aromatic rings. The van der Waals surface area contributed by atoms with E-state index in [9.17, 15) is 14.4 Å². The molecule has 1 aromatic carbocycles. The summed E-state index contributed by atoms with van der Waals surface area (Å²) in [5, 5.41) is 5.62. The van der Waals surface area contributed by atoms with Crippen LogP contribution in [0.15, 0.2) is 24.3 Å². The summed E-state index contributed by atoms with van der Waals surface area (Å²) >= 11 is 0. The molecule has 182 valence electrons. The second-order valence-electron chi connectivity index (χ2n) is 9.27. The quantitative estimate of drug-likeness (QED) is 0.410. The normalized spacial score (nSPS) is 12.9. The Kier molecular flexibility index (Phi) is 10.9. The minimum Gasteiger partial charge on any atom is -0.444 e. The molecular formula is C26H39N3O4. The van der Waals surface area contributed by atoms with Gasteiger partial charge in [0.25, 0.3) is 0 Å². The number of terminal acetylenes is 1. The van der Waals surface area contributed by atoms with Crippen LogP contribution in [-0.2, 0) is 14.3 Å². The Balaban J connectivity index is 3.37. The molecule has 1 rings (SSSR count). The molecule has 0 heterocycles. The van der Waals surface area contributed by atoms with Crippen LogP contribution in [0.25, 0.3) is 0 Å². The summed E-state index contributed by atoms with van der Waals surface area (Å²) in [5.41, 5.74) is 0.413. The van der Waals surface area contributed by atoms with Crippen molar-refractivity contribution in [3.63, 3.8) is 0 Å². The fourth-order valence-corrected chi connectivity index (χ4v) is 3.39. The number of likely N-dealkylation sites (N-methyl/N-ethyl adjacent to an activating group) is 1. The predicted molar refractivity (Wildman–Crippen MR) is 130 cm³/mol. The number of benzene rings is 1. The summed E-state index contributed by atoms with van der Waals surface area (Å²) in [4.78, 5) is 40.9. The van der Waals surface area contributed by atoms with Gasteiger partial charge in [-0.05, 0) is 51.7 Å². The molecule has 2 N–H and O–H groups in total. The number of rotatable bonds is 10. The first-order valence-electron chi connectivity index (χ1n) is 11.6. The van der Waals surface area contributed by atoms with Crippen molar-refractivity contribution in [2.45, 2.75) is 79.0 Å². The summed E-state index contributed by atoms with van der Waals surface area (Å²) < 4.78 is 5.35. The number of amides is 3. The van der Waals surface area contributed by atoms with E-state index < -0.39 is 23.8 Å². The summed E-state index contributed by atoms with van der Waals surface area (Å²) in [7, 11) is 0. The first-order valence-corrected chi connectivity index (χ1v) is 11.6. The fourth-order valence-electron chi connectivity index (χ4n) is 3.39. The molecule has 0 aromatic heterocycles. The van der Waals surface area contributed by atoms with Gasteiger partial charge in [-0.2, -0.15) is 0 Å². The van der Waals surface area contributed by atoms with Crippen molar-refractivity contribution in [3.05, 3.63) is 35.4 Å². The molecule has 0 radical (unpaired) electrons. The number of ether oxygens (including phenoxy) is 1. The molecule has 0 bridgehead atoms. The van der Waals surface area contributed by atoms with Gasteiger partial charge in [0.15, 0.2) is 0 Å². The van der Waals surface area contributed by atoms with Crippen LogP contribution in [0.1, 0.15) is 78.5 Å². The monoisotopic (exact) mass is 457 g/mol. The number of nitrogens with zero attached hydrogens (tertiary/aromatic N) is 1. The van der Waals surface area contributed by atoms with E-state index in [0.29, 0.717) is 17.7 Å². The van der Waals surface area contributed by atoms with Crippen molar-refractivity contribution in [3.8, 4) is 12.3 Å². The molecule has 3 amide bonds. The molecule has 7 heteroatoms. The molecule has 2 atom stereocenters. The number of carbonyl (C=O) groups is 3. The summed E-state index contributed by atoms with van der Waals surface area (Å²) in [6, 6.07) is 5.31. The average Bonchev–Trinajstić information content (AvgIpc) is 2.74. The maximum Gasteiger partial charge on any atom is 0.408 e. The Morgan fingerprint density at radius 3 is 2.30 bits per heavy atom. The molecule has 33 heavy (non-hydrogen) atoms. The highest BCUT2D eigenvalue weighted by atomic mass is 16.6. The minimum atomic E-state index is -0.923. The van der Waals surface area contributed by atoms with E-state index in [1.54, 1.807) is 52.0 Å². The third kappa shape index (κ3) is 8.45. The van der Waals surface area contributed by atoms with E-state index >= 15 is 0 Å². The lowest BCUT2D eigenvalue weighted by Gasteiger charge is -2.35. The van der Waals surface area contributed by atoms with E-state index in [-0.39, 0.29) is 24.3 Å². The number of alkyl carbamates (subject to hydrolysis) is 1. The summed E-state index contributed by atoms with van der Waals surface area (Å²) in [6.07, 6.45) is 6.77. The van der Waals surface area contributed by atoms with Gasteiger partial charge in [-0.3, -0.25) is 9.59 Å². The zero-order valence-electron chi connectivity index (χ0n) is 21.0. The van der Waals surface area contributed by atoms with Crippen LogP contribution >= 0.6 is 0 Å². The molecule has 0 aliphatic heterocycles. The van der Waals surface area contributed by atoms with Crippen molar-refractivity contribution in [2.24, 2.45) is 5.92 Å². The van der Waals surface area contributed by atoms with Crippen LogP contribution in [-0.4, -0.2) is 47.5 Å². The van der Waals surface area contributed by atoms with Crippen molar-refractivity contribution >= 4 is 17.9 Å². The van der Waals surface area contributed by atoms with Gasteiger partial charge in [0.05, 0.1) is 0 Å². The van der Waals surface area contributed by atoms with Crippen molar-refractivity contribution in [1.29, 1.82) is 0 Å². The zero-order valence-corrected chi connectivity index (χ0v) is 21.0. The first kappa shape index (κ1) is 28.0. The van der Waals surface area contributed by atoms with Crippen LogP contribution in [0.4, 0.5) is 4.79 Å². The highest BCUT2D eigenvalue weighted by Gasteiger charge is 2.37. The lowest BCUT2D eigenvalue weighted by atomic mass is 9.96. The van der Waals surface area contributed by atoms with Gasteiger partial charge in [-0.1, -0.05) is 51.3 Å². The molecule has 0 aliphatic carbocycles. The third-order valence-electron chi connectivity index (χ3n) is 5.03. The SMILES string of the molecule is C#Cc1ccccc1C(C(=O)NCCCC)N(CC)C(=O)C(NC(=O)OC(C)(C)C)C(C)C. The van der Waals surface area contributed by atoms with Crippen LogP contribution in [0, 0.1) is 18.3 Å². The van der Waals surface area contributed by atoms with E-state index in [1.807, 2.05) is 20.8 Å². The Hall–Kier alpha value is -3.01. The second-order valence-corrected chi connectivity index (χ2v) is 9.27. The Bertz CT molecular complexity index is 852. The van der Waals surface area contributed by atoms with Gasteiger partial charge in [-0.25, -0.2) is 4.79 Å². The van der Waals surface area contributed by atoms with Gasteiger partial charge in [0.2, 0.25) is 11.8 Å². The fraction of sp³-hybridized carbons (Fsp3) is 0.577. The molecule has 0 saturated carbocycles. The van der Waals surface area contributed by atoms with Crippen molar-refractivity contribution < 1.29 is 19.1 Å². The lowest BCUT2D eigenvalue weighted by Crippen LogP contribution is -2.55. The number of carbonyl (C=O) groups excluding carboxylic acids is 3. The molecule has 7 nitrogen and oxygen atoms in total. The Morgan fingerprint density at radius 2 is 1.79 bits per heavy atom. The number of nitrogens with one attached hydrogen (secondary N) is 2. The molecule has 0 aliphatic rings. The van der Waals surface area contributed by atoms with Gasteiger partial charge < -0.3 is 20.3 Å². The van der Waals surface area contributed by atoms with E-state index in [1.165, 1.54) is 4.90 Å². The molecule has 0 saturated heterocycles. The summed E-state index contributed by atoms with van der Waals surface area (Å²) in [6.45, 7) is 13.5. The molecule has 0 spiro atoms. The van der Waals surface area contributed by atoms with Gasteiger partial charge >= 0.3 is 6.09 Å². The molecule has 0 fully saturated rings. The summed E-state index contributed by atoms with van der Waals surface area (Å²) in [5.74, 6) is 1.71. The maximum absolute atomic E-state index is 13.7. The van der Waals surface area contributed by atoms with Crippen LogP contribution in [0.5, 0.6) is 0 Å². The van der Waals surface area contributed by atoms with Crippen molar-refractivity contribution in [2.75, 3.05) is 13.1 Å². The minimum absolute atomic E-state index is 0.231. The lowest BCUT2D eigenvalue weighted by molar-refractivity contribution is -0.143. The topological polar surface area (TPSA) is 87.7 Å². The largest absolute Gasteiger partial charge is 0.444 e. The zero-order chi connectivity index (χ0) is 25.2. The number of hydrogen-bond donors (Lipinski definition) is 2. The Labute approximate surface area is 198 Å². The maximum atomic E-state index is 13.7. The Morgan fingerprint density at radius 1 is 1.15 bits per heavy atom. The third-order valence-corrected chi connectivity index (χ3v) is 5.03. The molecule has 2 unspecified atom stereocenters. The predicted octanol–water partition coefficient (Wildman–Crippen LogP) is 4.02. The smallest absolute Gasteiger partial charge is 0.408 e. The van der Waals surface area contributed by atoms with Gasteiger partial charge in [0, 0.05) is 18.7 Å². The van der Waals surface area contributed by atoms with Gasteiger partial charge in [-0.15, -0.1) is 6.42 Å². The first-order chi connectivity index (χ1) is 15.5.